The van der Waals surface area contributed by atoms with Crippen LogP contribution in [0.25, 0.3) is 27.8 Å². The molecule has 4 aromatic rings. The first-order valence-electron chi connectivity index (χ1n) is 10.9. The smallest absolute Gasteiger partial charge is 0.228 e. The molecule has 0 aliphatic heterocycles. The van der Waals surface area contributed by atoms with Crippen molar-refractivity contribution in [2.75, 3.05) is 30.9 Å². The lowest BCUT2D eigenvalue weighted by molar-refractivity contribution is -0.117. The molecule has 9 heteroatoms. The maximum absolute atomic E-state index is 12.2. The van der Waals surface area contributed by atoms with E-state index >= 15 is 0 Å². The topological polar surface area (TPSA) is 106 Å². The monoisotopic (exact) mass is 431 g/mol. The standard InChI is InChI=1S/C23H25N7O2/c1-3-32-10-9-15-5-4-6-20-28-22(29-30(15)20)18-13-26-21(24-2)17-12-25-19(11-16(17)18)27-23(31)14-7-8-14/h4-6,11-14H,3,7-10H2,1-2H3,(H,24,26)(H,25,27,31). The minimum absolute atomic E-state index is 0.0195. The molecular weight excluding hydrogens is 406 g/mol. The summed E-state index contributed by atoms with van der Waals surface area (Å²) in [6.45, 7) is 3.29. The Hall–Kier alpha value is -3.59. The molecule has 1 fully saturated rings. The predicted octanol–water partition coefficient (Wildman–Crippen LogP) is 3.31. The van der Waals surface area contributed by atoms with Crippen LogP contribution >= 0.6 is 0 Å². The Bertz CT molecular complexity index is 1300. The first-order valence-corrected chi connectivity index (χ1v) is 10.9. The predicted molar refractivity (Wildman–Crippen MR) is 123 cm³/mol. The highest BCUT2D eigenvalue weighted by molar-refractivity contribution is 6.03. The first-order chi connectivity index (χ1) is 15.7. The third kappa shape index (κ3) is 3.87. The second kappa shape index (κ2) is 8.51. The van der Waals surface area contributed by atoms with Crippen LogP contribution in [-0.4, -0.2) is 50.7 Å². The summed E-state index contributed by atoms with van der Waals surface area (Å²) in [6.07, 6.45) is 6.11. The molecule has 1 amide bonds. The van der Waals surface area contributed by atoms with Crippen molar-refractivity contribution in [3.63, 3.8) is 0 Å². The van der Waals surface area contributed by atoms with E-state index in [-0.39, 0.29) is 11.8 Å². The fourth-order valence-electron chi connectivity index (χ4n) is 3.74. The van der Waals surface area contributed by atoms with Gasteiger partial charge in [-0.1, -0.05) is 6.07 Å². The Morgan fingerprint density at radius 2 is 2.09 bits per heavy atom. The van der Waals surface area contributed by atoms with Crippen molar-refractivity contribution in [3.8, 4) is 11.4 Å². The third-order valence-electron chi connectivity index (χ3n) is 5.59. The van der Waals surface area contributed by atoms with Crippen molar-refractivity contribution in [2.45, 2.75) is 26.2 Å². The average Bonchev–Trinajstić information content (AvgIpc) is 3.57. The Morgan fingerprint density at radius 3 is 2.88 bits per heavy atom. The van der Waals surface area contributed by atoms with Gasteiger partial charge >= 0.3 is 0 Å². The van der Waals surface area contributed by atoms with Gasteiger partial charge < -0.3 is 15.4 Å². The van der Waals surface area contributed by atoms with E-state index in [2.05, 4.69) is 20.6 Å². The molecule has 1 aliphatic carbocycles. The van der Waals surface area contributed by atoms with Crippen LogP contribution in [-0.2, 0) is 16.0 Å². The van der Waals surface area contributed by atoms with E-state index in [1.54, 1.807) is 12.4 Å². The van der Waals surface area contributed by atoms with E-state index < -0.39 is 0 Å². The molecule has 0 unspecified atom stereocenters. The number of amides is 1. The number of hydrogen-bond acceptors (Lipinski definition) is 7. The Balaban J connectivity index is 1.58. The van der Waals surface area contributed by atoms with Gasteiger partial charge in [0.15, 0.2) is 11.5 Å². The molecule has 0 radical (unpaired) electrons. The number of rotatable bonds is 8. The number of carbonyl (C=O) groups is 1. The lowest BCUT2D eigenvalue weighted by Gasteiger charge is -2.10. The summed E-state index contributed by atoms with van der Waals surface area (Å²) in [6, 6.07) is 7.81. The molecule has 164 valence electrons. The normalized spacial score (nSPS) is 13.6. The van der Waals surface area contributed by atoms with E-state index in [1.807, 2.05) is 42.8 Å². The molecule has 1 saturated carbocycles. The molecule has 0 atom stereocenters. The molecule has 0 aromatic carbocycles. The van der Waals surface area contributed by atoms with Crippen LogP contribution in [0.1, 0.15) is 25.5 Å². The maximum atomic E-state index is 12.2. The molecule has 0 saturated heterocycles. The highest BCUT2D eigenvalue weighted by atomic mass is 16.5. The van der Waals surface area contributed by atoms with Gasteiger partial charge in [0, 0.05) is 60.4 Å². The fraction of sp³-hybridized carbons (Fsp3) is 0.348. The zero-order valence-corrected chi connectivity index (χ0v) is 18.1. The highest BCUT2D eigenvalue weighted by Gasteiger charge is 2.30. The van der Waals surface area contributed by atoms with Gasteiger partial charge in [0.2, 0.25) is 5.91 Å². The molecule has 32 heavy (non-hydrogen) atoms. The minimum atomic E-state index is 0.0195. The number of fused-ring (bicyclic) bond motifs is 2. The molecule has 2 N–H and O–H groups in total. The van der Waals surface area contributed by atoms with Crippen LogP contribution in [0.4, 0.5) is 11.6 Å². The van der Waals surface area contributed by atoms with Gasteiger partial charge in [0.05, 0.1) is 6.61 Å². The molecular formula is C23H25N7O2. The molecule has 0 spiro atoms. The second-order valence-corrected chi connectivity index (χ2v) is 7.82. The summed E-state index contributed by atoms with van der Waals surface area (Å²) >= 11 is 0. The molecule has 5 rings (SSSR count). The van der Waals surface area contributed by atoms with Crippen molar-refractivity contribution in [1.29, 1.82) is 0 Å². The van der Waals surface area contributed by atoms with E-state index in [4.69, 9.17) is 14.8 Å². The quantitative estimate of drug-likeness (QED) is 0.412. The van der Waals surface area contributed by atoms with Gasteiger partial charge in [-0.15, -0.1) is 5.10 Å². The summed E-state index contributed by atoms with van der Waals surface area (Å²) in [4.78, 5) is 26.0. The van der Waals surface area contributed by atoms with Gasteiger partial charge in [-0.2, -0.15) is 0 Å². The van der Waals surface area contributed by atoms with Crippen molar-refractivity contribution >= 4 is 34.0 Å². The van der Waals surface area contributed by atoms with Crippen LogP contribution in [0.15, 0.2) is 36.7 Å². The van der Waals surface area contributed by atoms with Crippen LogP contribution in [0.2, 0.25) is 0 Å². The SMILES string of the molecule is CCOCCc1cccc2nc(-c3cnc(NC)c4cnc(NC(=O)C5CC5)cc34)nn12. The highest BCUT2D eigenvalue weighted by Crippen LogP contribution is 2.33. The summed E-state index contributed by atoms with van der Waals surface area (Å²) in [5.74, 6) is 1.92. The lowest BCUT2D eigenvalue weighted by Crippen LogP contribution is -2.14. The number of ether oxygens (including phenoxy) is 1. The maximum Gasteiger partial charge on any atom is 0.228 e. The van der Waals surface area contributed by atoms with Crippen molar-refractivity contribution in [3.05, 3.63) is 42.4 Å². The first kappa shape index (κ1) is 20.3. The van der Waals surface area contributed by atoms with Gasteiger partial charge in [-0.25, -0.2) is 19.5 Å². The Labute approximate surface area is 185 Å². The molecule has 0 bridgehead atoms. The third-order valence-corrected chi connectivity index (χ3v) is 5.59. The number of anilines is 2. The van der Waals surface area contributed by atoms with Gasteiger partial charge in [0.1, 0.15) is 11.6 Å². The fourth-order valence-corrected chi connectivity index (χ4v) is 3.74. The number of pyridine rings is 3. The van der Waals surface area contributed by atoms with Crippen molar-refractivity contribution < 1.29 is 9.53 Å². The largest absolute Gasteiger partial charge is 0.381 e. The van der Waals surface area contributed by atoms with E-state index in [1.165, 1.54) is 0 Å². The zero-order chi connectivity index (χ0) is 22.1. The molecule has 4 aromatic heterocycles. The van der Waals surface area contributed by atoms with Gasteiger partial charge in [-0.05, 0) is 38.0 Å². The minimum Gasteiger partial charge on any atom is -0.381 e. The second-order valence-electron chi connectivity index (χ2n) is 7.82. The molecule has 9 nitrogen and oxygen atoms in total. The summed E-state index contributed by atoms with van der Waals surface area (Å²) in [5.41, 5.74) is 2.57. The lowest BCUT2D eigenvalue weighted by atomic mass is 10.1. The average molecular weight is 432 g/mol. The Kier molecular flexibility index (Phi) is 5.40. The van der Waals surface area contributed by atoms with Crippen molar-refractivity contribution in [2.24, 2.45) is 5.92 Å². The van der Waals surface area contributed by atoms with Crippen LogP contribution in [0, 0.1) is 5.92 Å². The van der Waals surface area contributed by atoms with Crippen molar-refractivity contribution in [1.82, 2.24) is 24.6 Å². The van der Waals surface area contributed by atoms with Crippen LogP contribution < -0.4 is 10.6 Å². The summed E-state index contributed by atoms with van der Waals surface area (Å²) in [5, 5.41) is 12.5. The molecule has 4 heterocycles. The number of aromatic nitrogens is 5. The van der Waals surface area contributed by atoms with Crippen LogP contribution in [0.5, 0.6) is 0 Å². The zero-order valence-electron chi connectivity index (χ0n) is 18.1. The number of nitrogens with zero attached hydrogens (tertiary/aromatic N) is 5. The van der Waals surface area contributed by atoms with Crippen LogP contribution in [0.3, 0.4) is 0 Å². The number of nitrogens with one attached hydrogen (secondary N) is 2. The Morgan fingerprint density at radius 1 is 1.22 bits per heavy atom. The summed E-state index contributed by atoms with van der Waals surface area (Å²) in [7, 11) is 1.82. The van der Waals surface area contributed by atoms with E-state index in [9.17, 15) is 4.79 Å². The van der Waals surface area contributed by atoms with E-state index in [0.29, 0.717) is 30.7 Å². The molecule has 1 aliphatic rings. The number of hydrogen-bond donors (Lipinski definition) is 2. The van der Waals surface area contributed by atoms with E-state index in [0.717, 1.165) is 46.9 Å². The van der Waals surface area contributed by atoms with Gasteiger partial charge in [0.25, 0.3) is 0 Å². The summed E-state index contributed by atoms with van der Waals surface area (Å²) < 4.78 is 7.36. The van der Waals surface area contributed by atoms with Gasteiger partial charge in [-0.3, -0.25) is 4.79 Å². The number of carbonyl (C=O) groups excluding carboxylic acids is 1.